The fraction of sp³-hybridized carbons (Fsp3) is 0.533. The molecule has 0 atom stereocenters. The summed E-state index contributed by atoms with van der Waals surface area (Å²) in [5, 5.41) is 6.35. The van der Waals surface area contributed by atoms with Crippen molar-refractivity contribution in [3.63, 3.8) is 0 Å². The van der Waals surface area contributed by atoms with E-state index in [1.54, 1.807) is 7.11 Å². The minimum Gasteiger partial charge on any atom is -0.383 e. The molecular formula is C15H21N3O2. The van der Waals surface area contributed by atoms with Gasteiger partial charge in [0, 0.05) is 45.2 Å². The molecule has 1 aromatic rings. The van der Waals surface area contributed by atoms with Crippen LogP contribution in [0.5, 0.6) is 0 Å². The number of hydrogen-bond donors (Lipinski definition) is 2. The number of rotatable bonds is 4. The molecule has 1 aliphatic carbocycles. The zero-order chi connectivity index (χ0) is 13.9. The first kappa shape index (κ1) is 13.4. The van der Waals surface area contributed by atoms with Crippen molar-refractivity contribution < 1.29 is 9.53 Å². The molecule has 0 saturated carbocycles. The number of carbonyl (C=O) groups is 1. The summed E-state index contributed by atoms with van der Waals surface area (Å²) in [6.45, 7) is 3.87. The van der Waals surface area contributed by atoms with Gasteiger partial charge in [-0.2, -0.15) is 0 Å². The van der Waals surface area contributed by atoms with Crippen LogP contribution in [0.2, 0.25) is 0 Å². The number of amides is 1. The van der Waals surface area contributed by atoms with Crippen LogP contribution in [0.1, 0.15) is 28.0 Å². The van der Waals surface area contributed by atoms with Gasteiger partial charge in [-0.3, -0.25) is 4.79 Å². The third kappa shape index (κ3) is 2.39. The van der Waals surface area contributed by atoms with E-state index < -0.39 is 0 Å². The smallest absolute Gasteiger partial charge is 0.253 e. The van der Waals surface area contributed by atoms with E-state index in [1.807, 2.05) is 6.20 Å². The summed E-state index contributed by atoms with van der Waals surface area (Å²) in [7, 11) is 1.64. The van der Waals surface area contributed by atoms with Crippen LogP contribution in [0, 0.1) is 0 Å². The van der Waals surface area contributed by atoms with Gasteiger partial charge in [0.25, 0.3) is 5.91 Å². The molecule has 20 heavy (non-hydrogen) atoms. The predicted octanol–water partition coefficient (Wildman–Crippen LogP) is 0.797. The number of methoxy groups -OCH3 is 1. The van der Waals surface area contributed by atoms with E-state index in [4.69, 9.17) is 4.74 Å². The average Bonchev–Trinajstić information content (AvgIpc) is 2.70. The highest BCUT2D eigenvalue weighted by Crippen LogP contribution is 2.31. The Hall–Kier alpha value is -1.59. The molecule has 0 radical (unpaired) electrons. The highest BCUT2D eigenvalue weighted by atomic mass is 16.5. The van der Waals surface area contributed by atoms with Gasteiger partial charge >= 0.3 is 0 Å². The Kier molecular flexibility index (Phi) is 3.89. The van der Waals surface area contributed by atoms with Gasteiger partial charge in [-0.15, -0.1) is 0 Å². The molecule has 0 bridgehead atoms. The maximum absolute atomic E-state index is 12.3. The van der Waals surface area contributed by atoms with E-state index in [2.05, 4.69) is 21.3 Å². The van der Waals surface area contributed by atoms with Crippen molar-refractivity contribution in [1.29, 1.82) is 0 Å². The number of aromatic nitrogens is 1. The molecule has 0 unspecified atom stereocenters. The second-order valence-corrected chi connectivity index (χ2v) is 5.26. The second-order valence-electron chi connectivity index (χ2n) is 5.26. The number of ether oxygens (including phenoxy) is 1. The summed E-state index contributed by atoms with van der Waals surface area (Å²) in [4.78, 5) is 12.3. The predicted molar refractivity (Wildman–Crippen MR) is 77.8 cm³/mol. The largest absolute Gasteiger partial charge is 0.383 e. The molecular weight excluding hydrogens is 254 g/mol. The Morgan fingerprint density at radius 2 is 2.45 bits per heavy atom. The van der Waals surface area contributed by atoms with Crippen molar-refractivity contribution in [2.75, 3.05) is 33.4 Å². The van der Waals surface area contributed by atoms with Gasteiger partial charge in [0.1, 0.15) is 0 Å². The molecule has 108 valence electrons. The van der Waals surface area contributed by atoms with E-state index >= 15 is 0 Å². The summed E-state index contributed by atoms with van der Waals surface area (Å²) in [6.07, 6.45) is 6.29. The van der Waals surface area contributed by atoms with Gasteiger partial charge in [0.15, 0.2) is 0 Å². The van der Waals surface area contributed by atoms with Crippen LogP contribution in [0.25, 0.3) is 5.57 Å². The Bertz CT molecular complexity index is 546. The van der Waals surface area contributed by atoms with Crippen molar-refractivity contribution >= 4 is 11.5 Å². The maximum Gasteiger partial charge on any atom is 0.253 e. The Morgan fingerprint density at radius 1 is 1.55 bits per heavy atom. The number of carbonyl (C=O) groups excluding carboxylic acids is 1. The van der Waals surface area contributed by atoms with Gasteiger partial charge in [-0.25, -0.2) is 0 Å². The number of nitrogens with zero attached hydrogens (tertiary/aromatic N) is 1. The molecule has 0 fully saturated rings. The van der Waals surface area contributed by atoms with Crippen LogP contribution >= 0.6 is 0 Å². The quantitative estimate of drug-likeness (QED) is 0.799. The molecule has 3 rings (SSSR count). The minimum atomic E-state index is 0.0202. The first-order chi connectivity index (χ1) is 9.81. The zero-order valence-electron chi connectivity index (χ0n) is 11.9. The number of allylic oxidation sites excluding steroid dienone is 1. The Balaban J connectivity index is 1.89. The maximum atomic E-state index is 12.3. The average molecular weight is 275 g/mol. The molecule has 2 aliphatic rings. The molecule has 0 aromatic carbocycles. The highest BCUT2D eigenvalue weighted by molar-refractivity contribution is 5.97. The lowest BCUT2D eigenvalue weighted by Gasteiger charge is -2.15. The third-order valence-electron chi connectivity index (χ3n) is 3.95. The van der Waals surface area contributed by atoms with Crippen LogP contribution in [0.15, 0.2) is 12.3 Å². The fourth-order valence-electron chi connectivity index (χ4n) is 3.03. The van der Waals surface area contributed by atoms with Crippen molar-refractivity contribution in [2.45, 2.75) is 19.4 Å². The summed E-state index contributed by atoms with van der Waals surface area (Å²) < 4.78 is 7.20. The van der Waals surface area contributed by atoms with Crippen molar-refractivity contribution in [1.82, 2.24) is 15.2 Å². The first-order valence-electron chi connectivity index (χ1n) is 7.20. The standard InChI is InChI=1S/C15H21N3O2/c1-20-8-6-17-15(19)13-10-18-7-5-16-9-11-3-2-4-12(13)14(11)18/h3,10,16H,2,4-9H2,1H3,(H,17,19). The lowest BCUT2D eigenvalue weighted by atomic mass is 9.94. The van der Waals surface area contributed by atoms with Crippen molar-refractivity contribution in [2.24, 2.45) is 0 Å². The zero-order valence-corrected chi connectivity index (χ0v) is 11.9. The van der Waals surface area contributed by atoms with Crippen molar-refractivity contribution in [3.8, 4) is 0 Å². The molecule has 0 saturated heterocycles. The molecule has 5 nitrogen and oxygen atoms in total. The van der Waals surface area contributed by atoms with Gasteiger partial charge < -0.3 is 19.9 Å². The summed E-state index contributed by atoms with van der Waals surface area (Å²) >= 11 is 0. The Labute approximate surface area is 119 Å². The third-order valence-corrected chi connectivity index (χ3v) is 3.95. The lowest BCUT2D eigenvalue weighted by Crippen LogP contribution is -2.27. The van der Waals surface area contributed by atoms with Crippen LogP contribution in [-0.4, -0.2) is 43.8 Å². The Morgan fingerprint density at radius 3 is 3.30 bits per heavy atom. The molecule has 1 aromatic heterocycles. The molecule has 5 heteroatoms. The molecule has 2 heterocycles. The fourth-order valence-corrected chi connectivity index (χ4v) is 3.03. The molecule has 1 amide bonds. The van der Waals surface area contributed by atoms with Gasteiger partial charge in [0.05, 0.1) is 12.2 Å². The van der Waals surface area contributed by atoms with E-state index in [9.17, 15) is 4.79 Å². The molecule has 1 aliphatic heterocycles. The monoisotopic (exact) mass is 275 g/mol. The lowest BCUT2D eigenvalue weighted by molar-refractivity contribution is 0.0936. The van der Waals surface area contributed by atoms with Crippen LogP contribution in [-0.2, 0) is 17.7 Å². The van der Waals surface area contributed by atoms with E-state index in [1.165, 1.54) is 16.8 Å². The van der Waals surface area contributed by atoms with E-state index in [-0.39, 0.29) is 5.91 Å². The van der Waals surface area contributed by atoms with Gasteiger partial charge in [-0.1, -0.05) is 6.08 Å². The van der Waals surface area contributed by atoms with Crippen LogP contribution < -0.4 is 10.6 Å². The topological polar surface area (TPSA) is 55.3 Å². The first-order valence-corrected chi connectivity index (χ1v) is 7.20. The highest BCUT2D eigenvalue weighted by Gasteiger charge is 2.25. The van der Waals surface area contributed by atoms with Crippen molar-refractivity contribution in [3.05, 3.63) is 29.1 Å². The molecule has 2 N–H and O–H groups in total. The van der Waals surface area contributed by atoms with Crippen LogP contribution in [0.4, 0.5) is 0 Å². The SMILES string of the molecule is COCCNC(=O)c1cn2c3c1CCC=C3CNCC2. The summed E-state index contributed by atoms with van der Waals surface area (Å²) in [5.41, 5.74) is 4.64. The summed E-state index contributed by atoms with van der Waals surface area (Å²) in [6, 6.07) is 0. The summed E-state index contributed by atoms with van der Waals surface area (Å²) in [5.74, 6) is 0.0202. The molecule has 0 spiro atoms. The van der Waals surface area contributed by atoms with Crippen LogP contribution in [0.3, 0.4) is 0 Å². The second kappa shape index (κ2) is 5.81. The van der Waals surface area contributed by atoms with E-state index in [0.29, 0.717) is 13.2 Å². The van der Waals surface area contributed by atoms with Gasteiger partial charge in [0.2, 0.25) is 0 Å². The minimum absolute atomic E-state index is 0.0202. The normalized spacial score (nSPS) is 17.1. The van der Waals surface area contributed by atoms with E-state index in [0.717, 1.165) is 38.0 Å². The number of nitrogens with one attached hydrogen (secondary N) is 2. The van der Waals surface area contributed by atoms with Gasteiger partial charge in [-0.05, 0) is 24.0 Å². The number of hydrogen-bond acceptors (Lipinski definition) is 3.